The molecule has 1 aliphatic heterocycles. The normalized spacial score (nSPS) is 27.6. The van der Waals surface area contributed by atoms with Crippen LogP contribution in [0.3, 0.4) is 0 Å². The van der Waals surface area contributed by atoms with E-state index < -0.39 is 6.10 Å². The molecule has 1 saturated heterocycles. The van der Waals surface area contributed by atoms with E-state index in [4.69, 9.17) is 4.74 Å². The van der Waals surface area contributed by atoms with Crippen LogP contribution in [0.1, 0.15) is 46.0 Å². The third kappa shape index (κ3) is 5.99. The van der Waals surface area contributed by atoms with E-state index in [2.05, 4.69) is 16.0 Å². The molecule has 1 heterocycles. The number of aliphatic hydroxyl groups is 1. The summed E-state index contributed by atoms with van der Waals surface area (Å²) in [5.41, 5.74) is 0. The molecule has 0 aromatic heterocycles. The fourth-order valence-electron chi connectivity index (χ4n) is 2.83. The van der Waals surface area contributed by atoms with Gasteiger partial charge in [0, 0.05) is 18.5 Å². The molecule has 1 aliphatic carbocycles. The van der Waals surface area contributed by atoms with Gasteiger partial charge in [0.2, 0.25) is 5.91 Å². The second-order valence-corrected chi connectivity index (χ2v) is 6.79. The van der Waals surface area contributed by atoms with Gasteiger partial charge in [0.25, 0.3) is 0 Å². The molecular weight excluding hydrogens is 298 g/mol. The molecule has 0 bridgehead atoms. The van der Waals surface area contributed by atoms with Gasteiger partial charge in [-0.3, -0.25) is 4.79 Å². The van der Waals surface area contributed by atoms with Crippen molar-refractivity contribution in [3.63, 3.8) is 0 Å². The first-order valence-corrected chi connectivity index (χ1v) is 8.60. The van der Waals surface area contributed by atoms with Crippen molar-refractivity contribution in [1.82, 2.24) is 16.0 Å². The largest absolute Gasteiger partial charge is 0.394 e. The first-order chi connectivity index (χ1) is 11.0. The molecule has 0 radical (unpaired) electrons. The molecule has 3 amide bonds. The topological polar surface area (TPSA) is 99.7 Å². The maximum absolute atomic E-state index is 11.8. The lowest BCUT2D eigenvalue weighted by Crippen LogP contribution is -2.54. The number of aliphatic hydroxyl groups excluding tert-OH is 1. The zero-order chi connectivity index (χ0) is 16.8. The molecule has 0 unspecified atom stereocenters. The van der Waals surface area contributed by atoms with Crippen molar-refractivity contribution in [1.29, 1.82) is 0 Å². The SMILES string of the molecule is CC(C)NC(=O)N[C@@H]1CC[C@H](CCNC(=O)C2CC2)O[C@@H]1CO. The molecule has 3 atom stereocenters. The summed E-state index contributed by atoms with van der Waals surface area (Å²) in [5, 5.41) is 18.1. The Morgan fingerprint density at radius 1 is 1.22 bits per heavy atom. The maximum atomic E-state index is 11.8. The van der Waals surface area contributed by atoms with Crippen molar-refractivity contribution in [2.45, 2.75) is 70.2 Å². The van der Waals surface area contributed by atoms with Crippen molar-refractivity contribution in [3.8, 4) is 0 Å². The van der Waals surface area contributed by atoms with Crippen molar-refractivity contribution < 1.29 is 19.4 Å². The number of amides is 3. The monoisotopic (exact) mass is 327 g/mol. The lowest BCUT2D eigenvalue weighted by Gasteiger charge is -2.36. The van der Waals surface area contributed by atoms with Crippen LogP contribution in [-0.4, -0.2) is 54.5 Å². The lowest BCUT2D eigenvalue weighted by atomic mass is 9.97. The van der Waals surface area contributed by atoms with Gasteiger partial charge in [-0.2, -0.15) is 0 Å². The molecule has 2 aliphatic rings. The summed E-state index contributed by atoms with van der Waals surface area (Å²) >= 11 is 0. The molecule has 0 spiro atoms. The summed E-state index contributed by atoms with van der Waals surface area (Å²) < 4.78 is 5.87. The van der Waals surface area contributed by atoms with E-state index in [1.807, 2.05) is 13.8 Å². The molecular formula is C16H29N3O4. The second kappa shape index (κ2) is 8.49. The van der Waals surface area contributed by atoms with E-state index in [1.165, 1.54) is 0 Å². The Bertz CT molecular complexity index is 412. The fraction of sp³-hybridized carbons (Fsp3) is 0.875. The number of urea groups is 1. The summed E-state index contributed by atoms with van der Waals surface area (Å²) in [6.07, 6.45) is 3.93. The average molecular weight is 327 g/mol. The van der Waals surface area contributed by atoms with Crippen LogP contribution < -0.4 is 16.0 Å². The number of hydrogen-bond acceptors (Lipinski definition) is 4. The van der Waals surface area contributed by atoms with E-state index in [0.29, 0.717) is 6.54 Å². The smallest absolute Gasteiger partial charge is 0.315 e. The summed E-state index contributed by atoms with van der Waals surface area (Å²) in [7, 11) is 0. The Kier molecular flexibility index (Phi) is 6.65. The highest BCUT2D eigenvalue weighted by atomic mass is 16.5. The zero-order valence-corrected chi connectivity index (χ0v) is 14.0. The molecule has 23 heavy (non-hydrogen) atoms. The molecule has 1 saturated carbocycles. The zero-order valence-electron chi connectivity index (χ0n) is 14.0. The first-order valence-electron chi connectivity index (χ1n) is 8.60. The number of nitrogens with one attached hydrogen (secondary N) is 3. The number of rotatable bonds is 7. The van der Waals surface area contributed by atoms with Crippen LogP contribution in [0.4, 0.5) is 4.79 Å². The third-order valence-corrected chi connectivity index (χ3v) is 4.25. The van der Waals surface area contributed by atoms with Crippen LogP contribution in [0.2, 0.25) is 0 Å². The van der Waals surface area contributed by atoms with Gasteiger partial charge < -0.3 is 25.8 Å². The highest BCUT2D eigenvalue weighted by molar-refractivity contribution is 5.80. The van der Waals surface area contributed by atoms with Crippen LogP contribution in [0, 0.1) is 5.92 Å². The molecule has 7 heteroatoms. The van der Waals surface area contributed by atoms with Crippen molar-refractivity contribution in [2.75, 3.05) is 13.2 Å². The number of carbonyl (C=O) groups excluding carboxylic acids is 2. The Labute approximate surface area is 137 Å². The molecule has 2 fully saturated rings. The lowest BCUT2D eigenvalue weighted by molar-refractivity contribution is -0.122. The molecule has 7 nitrogen and oxygen atoms in total. The van der Waals surface area contributed by atoms with E-state index in [1.54, 1.807) is 0 Å². The Balaban J connectivity index is 1.69. The van der Waals surface area contributed by atoms with E-state index in [-0.39, 0.29) is 42.7 Å². The van der Waals surface area contributed by atoms with Gasteiger partial charge in [0.05, 0.1) is 18.8 Å². The minimum atomic E-state index is -0.397. The molecule has 132 valence electrons. The van der Waals surface area contributed by atoms with Crippen LogP contribution in [0.25, 0.3) is 0 Å². The Morgan fingerprint density at radius 3 is 2.57 bits per heavy atom. The summed E-state index contributed by atoms with van der Waals surface area (Å²) in [6, 6.07) is -0.354. The summed E-state index contributed by atoms with van der Waals surface area (Å²) in [5.74, 6) is 0.366. The van der Waals surface area contributed by atoms with E-state index in [0.717, 1.165) is 32.1 Å². The molecule has 2 rings (SSSR count). The van der Waals surface area contributed by atoms with Gasteiger partial charge in [-0.05, 0) is 46.0 Å². The highest BCUT2D eigenvalue weighted by Gasteiger charge is 2.32. The molecule has 0 aromatic carbocycles. The Morgan fingerprint density at radius 2 is 1.96 bits per heavy atom. The van der Waals surface area contributed by atoms with Crippen LogP contribution in [-0.2, 0) is 9.53 Å². The van der Waals surface area contributed by atoms with Crippen molar-refractivity contribution in [3.05, 3.63) is 0 Å². The quantitative estimate of drug-likeness (QED) is 0.548. The van der Waals surface area contributed by atoms with Gasteiger partial charge >= 0.3 is 6.03 Å². The van der Waals surface area contributed by atoms with Crippen LogP contribution >= 0.6 is 0 Å². The third-order valence-electron chi connectivity index (χ3n) is 4.25. The maximum Gasteiger partial charge on any atom is 0.315 e. The van der Waals surface area contributed by atoms with E-state index >= 15 is 0 Å². The van der Waals surface area contributed by atoms with Gasteiger partial charge in [0.15, 0.2) is 0 Å². The standard InChI is InChI=1S/C16H29N3O4/c1-10(2)18-16(22)19-13-6-5-12(23-14(13)9-20)7-8-17-15(21)11-3-4-11/h10-14,20H,3-9H2,1-2H3,(H,17,21)(H2,18,19,22)/t12-,13-,14-/m1/s1. The average Bonchev–Trinajstić information content (AvgIpc) is 3.32. The molecule has 0 aromatic rings. The molecule has 4 N–H and O–H groups in total. The minimum Gasteiger partial charge on any atom is -0.394 e. The van der Waals surface area contributed by atoms with Gasteiger partial charge in [0.1, 0.15) is 6.10 Å². The van der Waals surface area contributed by atoms with Gasteiger partial charge in [-0.1, -0.05) is 0 Å². The van der Waals surface area contributed by atoms with Gasteiger partial charge in [-0.15, -0.1) is 0 Å². The predicted molar refractivity (Wildman–Crippen MR) is 85.9 cm³/mol. The summed E-state index contributed by atoms with van der Waals surface area (Å²) in [6.45, 7) is 4.26. The fourth-order valence-corrected chi connectivity index (χ4v) is 2.83. The van der Waals surface area contributed by atoms with Crippen LogP contribution in [0.15, 0.2) is 0 Å². The van der Waals surface area contributed by atoms with E-state index in [9.17, 15) is 14.7 Å². The van der Waals surface area contributed by atoms with Crippen molar-refractivity contribution >= 4 is 11.9 Å². The number of ether oxygens (including phenoxy) is 1. The Hall–Kier alpha value is -1.34. The summed E-state index contributed by atoms with van der Waals surface area (Å²) in [4.78, 5) is 23.4. The van der Waals surface area contributed by atoms with Gasteiger partial charge in [-0.25, -0.2) is 4.79 Å². The highest BCUT2D eigenvalue weighted by Crippen LogP contribution is 2.28. The van der Waals surface area contributed by atoms with Crippen LogP contribution in [0.5, 0.6) is 0 Å². The second-order valence-electron chi connectivity index (χ2n) is 6.79. The van der Waals surface area contributed by atoms with Crippen molar-refractivity contribution in [2.24, 2.45) is 5.92 Å². The number of hydrogen-bond donors (Lipinski definition) is 4. The predicted octanol–water partition coefficient (Wildman–Crippen LogP) is 0.519. The number of carbonyl (C=O) groups is 2. The first kappa shape index (κ1) is 18.0. The minimum absolute atomic E-state index is 0.0119.